The Bertz CT molecular complexity index is 634. The lowest BCUT2D eigenvalue weighted by molar-refractivity contribution is 0.0865. The Labute approximate surface area is 111 Å². The van der Waals surface area contributed by atoms with Crippen LogP contribution in [0.3, 0.4) is 0 Å². The monoisotopic (exact) mass is 262 g/mol. The van der Waals surface area contributed by atoms with Gasteiger partial charge in [-0.2, -0.15) is 0 Å². The Morgan fingerprint density at radius 1 is 1.32 bits per heavy atom. The minimum absolute atomic E-state index is 0.0107. The summed E-state index contributed by atoms with van der Waals surface area (Å²) in [6, 6.07) is 3.88. The number of rotatable bonds is 5. The molecule has 0 bridgehead atoms. The number of benzene rings is 1. The van der Waals surface area contributed by atoms with Crippen LogP contribution in [-0.2, 0) is 11.3 Å². The molecule has 0 aliphatic carbocycles. The molecule has 1 aromatic heterocycles. The Morgan fingerprint density at radius 3 is 2.84 bits per heavy atom. The van der Waals surface area contributed by atoms with E-state index >= 15 is 0 Å². The van der Waals surface area contributed by atoms with Gasteiger partial charge in [-0.1, -0.05) is 6.07 Å². The summed E-state index contributed by atoms with van der Waals surface area (Å²) < 4.78 is 6.70. The van der Waals surface area contributed by atoms with Gasteiger partial charge in [-0.3, -0.25) is 9.36 Å². The third-order valence-corrected chi connectivity index (χ3v) is 2.97. The Hall–Kier alpha value is -1.72. The van der Waals surface area contributed by atoms with Gasteiger partial charge < -0.3 is 9.84 Å². The highest BCUT2D eigenvalue weighted by molar-refractivity contribution is 5.81. The van der Waals surface area contributed by atoms with Crippen molar-refractivity contribution in [2.75, 3.05) is 19.8 Å². The van der Waals surface area contributed by atoms with Gasteiger partial charge in [0, 0.05) is 0 Å². The lowest BCUT2D eigenvalue weighted by atomic mass is 10.1. The van der Waals surface area contributed by atoms with Gasteiger partial charge in [0.15, 0.2) is 0 Å². The zero-order chi connectivity index (χ0) is 13.8. The number of fused-ring (bicyclic) bond motifs is 1. The molecule has 2 rings (SSSR count). The first-order chi connectivity index (χ1) is 9.13. The molecule has 0 unspecified atom stereocenters. The van der Waals surface area contributed by atoms with Gasteiger partial charge >= 0.3 is 0 Å². The molecule has 0 saturated carbocycles. The molecular formula is C14H18N2O3. The van der Waals surface area contributed by atoms with E-state index in [1.54, 1.807) is 10.9 Å². The predicted octanol–water partition coefficient (Wildman–Crippen LogP) is 1.02. The molecule has 1 aromatic carbocycles. The Balaban J connectivity index is 2.32. The van der Waals surface area contributed by atoms with Gasteiger partial charge in [0.05, 0.1) is 43.6 Å². The van der Waals surface area contributed by atoms with Crippen molar-refractivity contribution < 1.29 is 9.84 Å². The lowest BCUT2D eigenvalue weighted by Gasteiger charge is -2.08. The fraction of sp³-hybridized carbons (Fsp3) is 0.429. The van der Waals surface area contributed by atoms with Gasteiger partial charge in [-0.05, 0) is 31.0 Å². The summed E-state index contributed by atoms with van der Waals surface area (Å²) in [6.45, 7) is 5.02. The van der Waals surface area contributed by atoms with Gasteiger partial charge in [-0.25, -0.2) is 4.98 Å². The summed E-state index contributed by atoms with van der Waals surface area (Å²) in [6.07, 6.45) is 1.55. The quantitative estimate of drug-likeness (QED) is 0.817. The normalized spacial score (nSPS) is 11.1. The maximum absolute atomic E-state index is 12.3. The van der Waals surface area contributed by atoms with E-state index in [0.29, 0.717) is 18.5 Å². The average Bonchev–Trinajstić information content (AvgIpc) is 2.37. The Morgan fingerprint density at radius 2 is 2.11 bits per heavy atom. The summed E-state index contributed by atoms with van der Waals surface area (Å²) in [5.74, 6) is 0. The van der Waals surface area contributed by atoms with Crippen LogP contribution in [0.25, 0.3) is 10.9 Å². The number of aliphatic hydroxyl groups is 1. The minimum Gasteiger partial charge on any atom is -0.394 e. The molecule has 19 heavy (non-hydrogen) atoms. The second-order valence-electron chi connectivity index (χ2n) is 4.56. The fourth-order valence-electron chi connectivity index (χ4n) is 2.12. The zero-order valence-corrected chi connectivity index (χ0v) is 11.2. The summed E-state index contributed by atoms with van der Waals surface area (Å²) in [5.41, 5.74) is 2.77. The summed E-state index contributed by atoms with van der Waals surface area (Å²) in [4.78, 5) is 16.7. The molecule has 0 radical (unpaired) electrons. The van der Waals surface area contributed by atoms with Gasteiger partial charge in [-0.15, -0.1) is 0 Å². The molecule has 0 saturated heterocycles. The van der Waals surface area contributed by atoms with E-state index in [0.717, 1.165) is 16.6 Å². The number of hydrogen-bond donors (Lipinski definition) is 1. The fourth-order valence-corrected chi connectivity index (χ4v) is 2.12. The van der Waals surface area contributed by atoms with E-state index in [9.17, 15) is 4.79 Å². The van der Waals surface area contributed by atoms with Gasteiger partial charge in [0.1, 0.15) is 0 Å². The van der Waals surface area contributed by atoms with Crippen molar-refractivity contribution in [3.8, 4) is 0 Å². The largest absolute Gasteiger partial charge is 0.394 e. The van der Waals surface area contributed by atoms with E-state index in [2.05, 4.69) is 4.98 Å². The van der Waals surface area contributed by atoms with E-state index in [4.69, 9.17) is 9.84 Å². The SMILES string of the molecule is Cc1cc(C)c2ncn(CCOCCO)c(=O)c2c1. The zero-order valence-electron chi connectivity index (χ0n) is 11.2. The van der Waals surface area contributed by atoms with E-state index in [1.165, 1.54) is 0 Å². The average molecular weight is 262 g/mol. The lowest BCUT2D eigenvalue weighted by Crippen LogP contribution is -2.23. The molecule has 2 aromatic rings. The molecule has 1 heterocycles. The van der Waals surface area contributed by atoms with Crippen molar-refractivity contribution in [2.45, 2.75) is 20.4 Å². The molecule has 102 valence electrons. The molecule has 5 nitrogen and oxygen atoms in total. The molecule has 5 heteroatoms. The molecule has 0 aliphatic rings. The van der Waals surface area contributed by atoms with Crippen LogP contribution in [0.2, 0.25) is 0 Å². The number of aliphatic hydroxyl groups excluding tert-OH is 1. The van der Waals surface area contributed by atoms with Gasteiger partial charge in [0.25, 0.3) is 5.56 Å². The minimum atomic E-state index is -0.0515. The van der Waals surface area contributed by atoms with Crippen LogP contribution >= 0.6 is 0 Å². The van der Waals surface area contributed by atoms with Crippen LogP contribution in [0.4, 0.5) is 0 Å². The van der Waals surface area contributed by atoms with Crippen LogP contribution in [0, 0.1) is 13.8 Å². The Kier molecular flexibility index (Phi) is 4.29. The predicted molar refractivity (Wildman–Crippen MR) is 73.4 cm³/mol. The van der Waals surface area contributed by atoms with Crippen molar-refractivity contribution >= 4 is 10.9 Å². The van der Waals surface area contributed by atoms with Crippen LogP contribution in [-0.4, -0.2) is 34.5 Å². The van der Waals surface area contributed by atoms with Crippen molar-refractivity contribution in [3.05, 3.63) is 39.9 Å². The van der Waals surface area contributed by atoms with Crippen LogP contribution < -0.4 is 5.56 Å². The topological polar surface area (TPSA) is 64.3 Å². The highest BCUT2D eigenvalue weighted by Crippen LogP contribution is 2.14. The second kappa shape index (κ2) is 5.95. The molecule has 0 amide bonds. The first-order valence-electron chi connectivity index (χ1n) is 6.28. The summed E-state index contributed by atoms with van der Waals surface area (Å²) in [7, 11) is 0. The van der Waals surface area contributed by atoms with Crippen molar-refractivity contribution in [3.63, 3.8) is 0 Å². The standard InChI is InChI=1S/C14H18N2O3/c1-10-7-11(2)13-12(8-10)14(18)16(9-15-13)3-5-19-6-4-17/h7-9,17H,3-6H2,1-2H3. The summed E-state index contributed by atoms with van der Waals surface area (Å²) in [5, 5.41) is 9.26. The number of aryl methyl sites for hydroxylation is 2. The summed E-state index contributed by atoms with van der Waals surface area (Å²) >= 11 is 0. The third-order valence-electron chi connectivity index (χ3n) is 2.97. The number of nitrogens with zero attached hydrogens (tertiary/aromatic N) is 2. The first-order valence-corrected chi connectivity index (χ1v) is 6.28. The van der Waals surface area contributed by atoms with Crippen molar-refractivity contribution in [1.82, 2.24) is 9.55 Å². The van der Waals surface area contributed by atoms with Crippen molar-refractivity contribution in [2.24, 2.45) is 0 Å². The highest BCUT2D eigenvalue weighted by atomic mass is 16.5. The van der Waals surface area contributed by atoms with E-state index in [1.807, 2.05) is 26.0 Å². The molecule has 1 N–H and O–H groups in total. The van der Waals surface area contributed by atoms with Gasteiger partial charge in [0.2, 0.25) is 0 Å². The van der Waals surface area contributed by atoms with Crippen molar-refractivity contribution in [1.29, 1.82) is 0 Å². The smallest absolute Gasteiger partial charge is 0.261 e. The molecule has 0 spiro atoms. The maximum Gasteiger partial charge on any atom is 0.261 e. The number of hydrogen-bond acceptors (Lipinski definition) is 4. The number of aromatic nitrogens is 2. The molecule has 0 aliphatic heterocycles. The second-order valence-corrected chi connectivity index (χ2v) is 4.56. The van der Waals surface area contributed by atoms with Crippen LogP contribution in [0.5, 0.6) is 0 Å². The maximum atomic E-state index is 12.3. The third kappa shape index (κ3) is 3.00. The molecular weight excluding hydrogens is 244 g/mol. The number of ether oxygens (including phenoxy) is 1. The molecule has 0 fully saturated rings. The van der Waals surface area contributed by atoms with E-state index in [-0.39, 0.29) is 18.8 Å². The highest BCUT2D eigenvalue weighted by Gasteiger charge is 2.07. The molecule has 0 atom stereocenters. The van der Waals surface area contributed by atoms with Crippen LogP contribution in [0.1, 0.15) is 11.1 Å². The van der Waals surface area contributed by atoms with Crippen LogP contribution in [0.15, 0.2) is 23.3 Å². The first kappa shape index (κ1) is 13.7. The van der Waals surface area contributed by atoms with E-state index < -0.39 is 0 Å².